The largest absolute Gasteiger partial charge is 0.395 e. The van der Waals surface area contributed by atoms with E-state index in [1.165, 1.54) is 228 Å². The molecule has 10 aliphatic heterocycles. The molecule has 744 valence electrons. The first-order valence-electron chi connectivity index (χ1n) is 50.3. The van der Waals surface area contributed by atoms with Crippen molar-refractivity contribution in [2.75, 3.05) is 256 Å². The van der Waals surface area contributed by atoms with Crippen LogP contribution < -0.4 is 10.6 Å². The Morgan fingerprint density at radius 3 is 0.847 bits per heavy atom. The maximum absolute atomic E-state index is 12.4. The molecule has 12 aliphatic rings. The van der Waals surface area contributed by atoms with E-state index < -0.39 is 28.6 Å². The summed E-state index contributed by atoms with van der Waals surface area (Å²) in [5.74, 6) is 1.64. The molecular formula is C102H212F6N14O2. The number of piperidine rings is 2. The van der Waals surface area contributed by atoms with E-state index in [1.807, 2.05) is 20.8 Å². The van der Waals surface area contributed by atoms with Crippen LogP contribution in [0.2, 0.25) is 0 Å². The Kier molecular flexibility index (Phi) is 56.8. The summed E-state index contributed by atoms with van der Waals surface area (Å²) in [6.45, 7) is 114. The molecule has 2 N–H and O–H groups in total. The summed E-state index contributed by atoms with van der Waals surface area (Å²) in [4.78, 5) is 30.1. The monoisotopic (exact) mass is 1780 g/mol. The fourth-order valence-electron chi connectivity index (χ4n) is 17.8. The first-order chi connectivity index (χ1) is 56.9. The van der Waals surface area contributed by atoms with Crippen LogP contribution in [0.5, 0.6) is 0 Å². The highest BCUT2D eigenvalue weighted by Crippen LogP contribution is 2.67. The van der Waals surface area contributed by atoms with Gasteiger partial charge in [-0.25, -0.2) is 0 Å². The number of halogens is 6. The van der Waals surface area contributed by atoms with E-state index >= 15 is 0 Å². The summed E-state index contributed by atoms with van der Waals surface area (Å²) in [5, 5.41) is 6.70. The molecule has 0 atom stereocenters. The standard InChI is InChI=1S/C10H22N2.C10H21N.C9H15F3.2C9H20N2.C9H19N.C8H13F3.C8H18N2.C8H17NO.C8H17N.C7H15NO.C7H15N/c1-10(2,3)9-12-7-5-11(4)6-8-12;1-10(2,3)9-11-7-5-4-6-8-11;1-7(2,3)6-8(4-5-8)9(10,11)12;1-9(2,3)11-7-5-10(4)6-8-11;1-9(2,3)8-11-6-4-10-5-7-11;1-9(2,3)10-7-5-4-6-8-10;1-6(2,3)7(4-5-7)8(9,10)11;1-8(2,3)10-6-4-9-5-7-10;1-8(2)7-9-3-5-10-6-4-9;1-8(2)7-9-5-3-4-6-9;1-7(2)8-3-5-9-6-4-8;1-7(2)8-5-3-4-6-8/h5-9H2,1-4H3;4-9H2,1-3H3;4-6H2,1-3H3;5-8H2,1-4H3;10H,4-8H2,1-3H3;4-8H2,1-3H3;4-5H2,1-3H3;9H,4-7H2,1-3H3;8H,3-7H2,1-2H3;8H,3-7H2,1-2H3;7H,3-6H2,1-2H3;7H,3-6H2,1-2H3. The van der Waals surface area contributed by atoms with Gasteiger partial charge in [0, 0.05) is 192 Å². The molecule has 0 radical (unpaired) electrons. The summed E-state index contributed by atoms with van der Waals surface area (Å²) >= 11 is 0. The number of likely N-dealkylation sites (tertiary alicyclic amines) is 4. The number of nitrogens with one attached hydrogen (secondary N) is 2. The van der Waals surface area contributed by atoms with Crippen molar-refractivity contribution in [3.8, 4) is 0 Å². The number of hydrogen-bond donors (Lipinski definition) is 2. The zero-order chi connectivity index (χ0) is 94.8. The van der Waals surface area contributed by atoms with Crippen molar-refractivity contribution in [1.82, 2.24) is 69.4 Å². The Morgan fingerprint density at radius 1 is 0.290 bits per heavy atom. The van der Waals surface area contributed by atoms with Crippen LogP contribution in [0.25, 0.3) is 0 Å². The van der Waals surface area contributed by atoms with Gasteiger partial charge in [-0.15, -0.1) is 0 Å². The van der Waals surface area contributed by atoms with Crippen LogP contribution in [0.15, 0.2) is 0 Å². The van der Waals surface area contributed by atoms with Crippen molar-refractivity contribution in [1.29, 1.82) is 0 Å². The Labute approximate surface area is 766 Å². The van der Waals surface area contributed by atoms with Gasteiger partial charge in [0.05, 0.1) is 37.3 Å². The van der Waals surface area contributed by atoms with Crippen molar-refractivity contribution in [3.63, 3.8) is 0 Å². The van der Waals surface area contributed by atoms with Crippen molar-refractivity contribution in [3.05, 3.63) is 0 Å². The van der Waals surface area contributed by atoms with Gasteiger partial charge in [0.2, 0.25) is 0 Å². The highest BCUT2D eigenvalue weighted by molar-refractivity contribution is 5.06. The summed E-state index contributed by atoms with van der Waals surface area (Å²) < 4.78 is 84.9. The van der Waals surface area contributed by atoms with Crippen LogP contribution in [0.4, 0.5) is 26.3 Å². The predicted molar refractivity (Wildman–Crippen MR) is 525 cm³/mol. The van der Waals surface area contributed by atoms with E-state index in [-0.39, 0.29) is 11.8 Å². The van der Waals surface area contributed by atoms with Gasteiger partial charge in [-0.3, -0.25) is 24.5 Å². The summed E-state index contributed by atoms with van der Waals surface area (Å²) in [7, 11) is 4.40. The number of nitrogens with zero attached hydrogens (tertiary/aromatic N) is 12. The molecule has 0 bridgehead atoms. The molecule has 0 unspecified atom stereocenters. The van der Waals surface area contributed by atoms with Crippen LogP contribution in [0.1, 0.15) is 318 Å². The third-order valence-corrected chi connectivity index (χ3v) is 25.4. The fraction of sp³-hybridized carbons (Fsp3) is 1.00. The normalized spacial score (nSPS) is 22.7. The second-order valence-electron chi connectivity index (χ2n) is 48.8. The van der Waals surface area contributed by atoms with Gasteiger partial charge < -0.3 is 54.4 Å². The Bertz CT molecular complexity index is 2480. The molecule has 12 fully saturated rings. The van der Waals surface area contributed by atoms with E-state index in [2.05, 4.69) is 264 Å². The Morgan fingerprint density at radius 2 is 0.581 bits per heavy atom. The lowest BCUT2D eigenvalue weighted by Crippen LogP contribution is -2.52. The molecule has 0 aromatic heterocycles. The molecular weight excluding hydrogens is 1570 g/mol. The molecule has 124 heavy (non-hydrogen) atoms. The first-order valence-corrected chi connectivity index (χ1v) is 50.3. The SMILES string of the molecule is CC(C)(C)C1(C(F)(F)F)CC1.CC(C)(C)CC1(C(F)(F)F)CC1.CC(C)(C)CN1CCCCC1.CC(C)(C)CN1CCNCC1.CC(C)(C)N1CCCCC1.CC(C)(C)N1CCNCC1.CC(C)CN1CCCC1.CC(C)CN1CCOCC1.CC(C)N1CCCC1.CC(C)N1CCOCC1.CN1CCN(C(C)(C)C)CC1.CN1CCN(CC(C)(C)C)CC1. The summed E-state index contributed by atoms with van der Waals surface area (Å²) in [6, 6.07) is 1.46. The van der Waals surface area contributed by atoms with Crippen molar-refractivity contribution < 1.29 is 35.8 Å². The van der Waals surface area contributed by atoms with Gasteiger partial charge in [0.1, 0.15) is 0 Å². The van der Waals surface area contributed by atoms with E-state index in [1.54, 1.807) is 20.8 Å². The topological polar surface area (TPSA) is 81.4 Å². The Hall–Kier alpha value is -1.06. The van der Waals surface area contributed by atoms with Crippen molar-refractivity contribution in [2.45, 2.75) is 359 Å². The van der Waals surface area contributed by atoms with Crippen LogP contribution >= 0.6 is 0 Å². The van der Waals surface area contributed by atoms with Gasteiger partial charge >= 0.3 is 12.4 Å². The highest BCUT2D eigenvalue weighted by Gasteiger charge is 2.68. The van der Waals surface area contributed by atoms with Gasteiger partial charge in [-0.1, -0.05) is 144 Å². The molecule has 10 saturated heterocycles. The number of piperazine rings is 4. The minimum Gasteiger partial charge on any atom is -0.379 e. The molecule has 0 amide bonds. The number of rotatable bonds is 10. The van der Waals surface area contributed by atoms with Crippen LogP contribution in [-0.4, -0.2) is 356 Å². The van der Waals surface area contributed by atoms with Crippen molar-refractivity contribution >= 4 is 0 Å². The zero-order valence-corrected chi connectivity index (χ0v) is 88.5. The molecule has 0 spiro atoms. The average Bonchev–Trinajstić information content (AvgIpc) is 1.82. The van der Waals surface area contributed by atoms with Gasteiger partial charge in [-0.2, -0.15) is 26.3 Å². The Balaban J connectivity index is 0.000000677. The van der Waals surface area contributed by atoms with E-state index in [0.29, 0.717) is 64.6 Å². The third-order valence-electron chi connectivity index (χ3n) is 25.4. The quantitative estimate of drug-likeness (QED) is 0.204. The second kappa shape index (κ2) is 58.3. The van der Waals surface area contributed by atoms with E-state index in [0.717, 1.165) is 96.7 Å². The minimum absolute atomic E-state index is 0.216. The molecule has 10 heterocycles. The lowest BCUT2D eigenvalue weighted by molar-refractivity contribution is -0.215. The number of morpholine rings is 2. The first kappa shape index (κ1) is 121. The molecule has 0 aromatic carbocycles. The molecule has 22 heteroatoms. The smallest absolute Gasteiger partial charge is 0.379 e. The number of hydrogen-bond acceptors (Lipinski definition) is 16. The molecule has 0 aromatic rings. The minimum atomic E-state index is -4.01. The lowest BCUT2D eigenvalue weighted by Gasteiger charge is -2.41. The summed E-state index contributed by atoms with van der Waals surface area (Å²) in [6.07, 6.45) is 7.72. The molecule has 2 aliphatic carbocycles. The van der Waals surface area contributed by atoms with Gasteiger partial charge in [0.25, 0.3) is 0 Å². The molecule has 12 rings (SSSR count). The maximum Gasteiger partial charge on any atom is 0.395 e. The van der Waals surface area contributed by atoms with Crippen LogP contribution in [0.3, 0.4) is 0 Å². The van der Waals surface area contributed by atoms with Gasteiger partial charge in [0.15, 0.2) is 0 Å². The number of likely N-dealkylation sites (N-methyl/N-ethyl adjacent to an activating group) is 2. The lowest BCUT2D eigenvalue weighted by atomic mass is 9.77. The van der Waals surface area contributed by atoms with Crippen LogP contribution in [-0.2, 0) is 9.47 Å². The molecule has 16 nitrogen and oxygen atoms in total. The number of alkyl halides is 6. The molecule has 2 saturated carbocycles. The summed E-state index contributed by atoms with van der Waals surface area (Å²) in [5.41, 5.74) is -1.03. The van der Waals surface area contributed by atoms with Gasteiger partial charge in [-0.05, 0) is 279 Å². The highest BCUT2D eigenvalue weighted by atomic mass is 19.4. The van der Waals surface area contributed by atoms with Crippen LogP contribution in [0, 0.1) is 49.7 Å². The number of ether oxygens (including phenoxy) is 2. The zero-order valence-electron chi connectivity index (χ0n) is 88.5. The average molecular weight is 1780 g/mol. The van der Waals surface area contributed by atoms with Crippen molar-refractivity contribution in [2.24, 2.45) is 49.7 Å². The maximum atomic E-state index is 12.4. The third kappa shape index (κ3) is 58.2. The van der Waals surface area contributed by atoms with E-state index in [9.17, 15) is 26.3 Å². The fourth-order valence-corrected chi connectivity index (χ4v) is 17.8. The van der Waals surface area contributed by atoms with E-state index in [4.69, 9.17) is 9.47 Å². The second-order valence-corrected chi connectivity index (χ2v) is 48.8. The predicted octanol–water partition coefficient (Wildman–Crippen LogP) is 20.8.